The Morgan fingerprint density at radius 2 is 2.13 bits per heavy atom. The molecule has 0 aliphatic carbocycles. The van der Waals surface area contributed by atoms with E-state index in [0.717, 1.165) is 6.33 Å². The van der Waals surface area contributed by atoms with Crippen LogP contribution >= 0.6 is 0 Å². The van der Waals surface area contributed by atoms with E-state index in [1.807, 2.05) is 5.32 Å². The van der Waals surface area contributed by atoms with E-state index < -0.39 is 30.5 Å². The van der Waals surface area contributed by atoms with Crippen LogP contribution in [0.25, 0.3) is 5.69 Å². The molecule has 0 aliphatic heterocycles. The van der Waals surface area contributed by atoms with Crippen molar-refractivity contribution >= 4 is 6.09 Å². The molecule has 0 saturated carbocycles. The summed E-state index contributed by atoms with van der Waals surface area (Å²) in [6.07, 6.45) is -5.42. The van der Waals surface area contributed by atoms with Crippen molar-refractivity contribution in [1.82, 2.24) is 20.1 Å². The van der Waals surface area contributed by atoms with Gasteiger partial charge in [-0.3, -0.25) is 0 Å². The standard InChI is InChI=1S/C12H10F4N4O3/c1-23-8-3-2-7(6(9(8)13)4-17-11(21)22)20-5-18-10(19-20)12(14,15)16/h2-3,5,17H,4H2,1H3,(H,21,22). The maximum atomic E-state index is 14.3. The largest absolute Gasteiger partial charge is 0.494 e. The molecule has 0 saturated heterocycles. The van der Waals surface area contributed by atoms with Crippen LogP contribution in [-0.4, -0.2) is 33.1 Å². The molecule has 124 valence electrons. The molecule has 0 fully saturated rings. The lowest BCUT2D eigenvalue weighted by molar-refractivity contribution is -0.144. The number of carbonyl (C=O) groups is 1. The molecule has 1 aromatic heterocycles. The quantitative estimate of drug-likeness (QED) is 0.837. The van der Waals surface area contributed by atoms with E-state index in [-0.39, 0.29) is 17.0 Å². The lowest BCUT2D eigenvalue weighted by Gasteiger charge is -2.13. The van der Waals surface area contributed by atoms with Crippen molar-refractivity contribution < 1.29 is 32.2 Å². The Morgan fingerprint density at radius 1 is 1.43 bits per heavy atom. The first-order valence-electron chi connectivity index (χ1n) is 6.05. The number of amides is 1. The third-order valence-electron chi connectivity index (χ3n) is 2.81. The zero-order chi connectivity index (χ0) is 17.2. The normalized spacial score (nSPS) is 11.3. The molecule has 0 atom stereocenters. The number of rotatable bonds is 4. The van der Waals surface area contributed by atoms with Gasteiger partial charge in [0.05, 0.1) is 19.3 Å². The number of methoxy groups -OCH3 is 1. The van der Waals surface area contributed by atoms with Crippen molar-refractivity contribution in [1.29, 1.82) is 0 Å². The molecule has 23 heavy (non-hydrogen) atoms. The summed E-state index contributed by atoms with van der Waals surface area (Å²) >= 11 is 0. The molecular formula is C12H10F4N4O3. The molecule has 2 N–H and O–H groups in total. The minimum atomic E-state index is -4.75. The Kier molecular flexibility index (Phi) is 4.38. The molecule has 0 radical (unpaired) electrons. The van der Waals surface area contributed by atoms with Crippen LogP contribution in [0.5, 0.6) is 5.75 Å². The van der Waals surface area contributed by atoms with Crippen LogP contribution in [0.1, 0.15) is 11.4 Å². The first-order valence-corrected chi connectivity index (χ1v) is 6.05. The molecule has 0 spiro atoms. The smallest absolute Gasteiger partial charge is 0.453 e. The molecule has 1 amide bonds. The summed E-state index contributed by atoms with van der Waals surface area (Å²) < 4.78 is 57.4. The number of benzene rings is 1. The lowest BCUT2D eigenvalue weighted by atomic mass is 10.1. The predicted molar refractivity (Wildman–Crippen MR) is 67.7 cm³/mol. The van der Waals surface area contributed by atoms with Crippen molar-refractivity contribution in [3.63, 3.8) is 0 Å². The number of carboxylic acid groups (broad SMARTS) is 1. The molecule has 1 aromatic carbocycles. The molecule has 11 heteroatoms. The van der Waals surface area contributed by atoms with Crippen LogP contribution in [0.2, 0.25) is 0 Å². The zero-order valence-electron chi connectivity index (χ0n) is 11.6. The summed E-state index contributed by atoms with van der Waals surface area (Å²) in [5, 5.41) is 13.8. The van der Waals surface area contributed by atoms with Crippen LogP contribution in [0.4, 0.5) is 22.4 Å². The molecule has 2 aromatic rings. The number of nitrogens with one attached hydrogen (secondary N) is 1. The predicted octanol–water partition coefficient (Wildman–Crippen LogP) is 2.20. The molecule has 0 aliphatic rings. The van der Waals surface area contributed by atoms with Gasteiger partial charge in [0.1, 0.15) is 6.33 Å². The van der Waals surface area contributed by atoms with E-state index in [1.165, 1.54) is 19.2 Å². The molecule has 0 bridgehead atoms. The molecule has 2 rings (SSSR count). The zero-order valence-corrected chi connectivity index (χ0v) is 11.6. The summed E-state index contributed by atoms with van der Waals surface area (Å²) in [6, 6.07) is 2.43. The number of hydrogen-bond acceptors (Lipinski definition) is 4. The number of aromatic nitrogens is 3. The third-order valence-corrected chi connectivity index (χ3v) is 2.81. The molecular weight excluding hydrogens is 324 g/mol. The van der Waals surface area contributed by atoms with Gasteiger partial charge in [-0.25, -0.2) is 18.9 Å². The maximum absolute atomic E-state index is 14.3. The first-order chi connectivity index (χ1) is 10.7. The summed E-state index contributed by atoms with van der Waals surface area (Å²) in [6.45, 7) is -0.491. The second kappa shape index (κ2) is 6.10. The van der Waals surface area contributed by atoms with Gasteiger partial charge in [0.15, 0.2) is 11.6 Å². The van der Waals surface area contributed by atoms with Crippen LogP contribution in [0, 0.1) is 5.82 Å². The van der Waals surface area contributed by atoms with Gasteiger partial charge in [0.25, 0.3) is 5.82 Å². The van der Waals surface area contributed by atoms with E-state index >= 15 is 0 Å². The Bertz CT molecular complexity index is 730. The van der Waals surface area contributed by atoms with Crippen molar-refractivity contribution in [3.05, 3.63) is 35.7 Å². The van der Waals surface area contributed by atoms with Gasteiger partial charge >= 0.3 is 12.3 Å². The van der Waals surface area contributed by atoms with E-state index in [0.29, 0.717) is 4.68 Å². The molecule has 7 nitrogen and oxygen atoms in total. The highest BCUT2D eigenvalue weighted by Crippen LogP contribution is 2.29. The van der Waals surface area contributed by atoms with Crippen molar-refractivity contribution in [2.24, 2.45) is 0 Å². The highest BCUT2D eigenvalue weighted by atomic mass is 19.4. The highest BCUT2D eigenvalue weighted by molar-refractivity contribution is 5.65. The Balaban J connectivity index is 2.50. The summed E-state index contributed by atoms with van der Waals surface area (Å²) in [5.74, 6) is -2.50. The number of halogens is 4. The lowest BCUT2D eigenvalue weighted by Crippen LogP contribution is -2.22. The van der Waals surface area contributed by atoms with Crippen LogP contribution < -0.4 is 10.1 Å². The van der Waals surface area contributed by atoms with Gasteiger partial charge in [-0.15, -0.1) is 5.10 Å². The first kappa shape index (κ1) is 16.5. The van der Waals surface area contributed by atoms with Gasteiger partial charge in [-0.05, 0) is 12.1 Å². The second-order valence-corrected chi connectivity index (χ2v) is 4.25. The number of ether oxygens (including phenoxy) is 1. The number of nitrogens with zero attached hydrogens (tertiary/aromatic N) is 3. The van der Waals surface area contributed by atoms with E-state index in [9.17, 15) is 22.4 Å². The fourth-order valence-electron chi connectivity index (χ4n) is 1.80. The minimum Gasteiger partial charge on any atom is -0.494 e. The molecule has 0 unspecified atom stereocenters. The van der Waals surface area contributed by atoms with Gasteiger partial charge < -0.3 is 15.2 Å². The Labute approximate surface area is 126 Å². The van der Waals surface area contributed by atoms with Crippen LogP contribution in [0.15, 0.2) is 18.5 Å². The van der Waals surface area contributed by atoms with Gasteiger partial charge in [0.2, 0.25) is 0 Å². The fraction of sp³-hybridized carbons (Fsp3) is 0.250. The van der Waals surface area contributed by atoms with Crippen LogP contribution in [-0.2, 0) is 12.7 Å². The Morgan fingerprint density at radius 3 is 2.65 bits per heavy atom. The molecule has 1 heterocycles. The average Bonchev–Trinajstić information content (AvgIpc) is 2.95. The summed E-state index contributed by atoms with van der Waals surface area (Å²) in [4.78, 5) is 13.7. The topological polar surface area (TPSA) is 89.3 Å². The summed E-state index contributed by atoms with van der Waals surface area (Å²) in [5.41, 5.74) is -0.328. The van der Waals surface area contributed by atoms with E-state index in [2.05, 4.69) is 10.1 Å². The second-order valence-electron chi connectivity index (χ2n) is 4.25. The van der Waals surface area contributed by atoms with Gasteiger partial charge in [0, 0.05) is 5.56 Å². The fourth-order valence-corrected chi connectivity index (χ4v) is 1.80. The van der Waals surface area contributed by atoms with Crippen molar-refractivity contribution in [2.75, 3.05) is 7.11 Å². The van der Waals surface area contributed by atoms with E-state index in [1.54, 1.807) is 0 Å². The summed E-state index contributed by atoms with van der Waals surface area (Å²) in [7, 11) is 1.20. The number of alkyl halides is 3. The monoisotopic (exact) mass is 334 g/mol. The maximum Gasteiger partial charge on any atom is 0.453 e. The van der Waals surface area contributed by atoms with Crippen LogP contribution in [0.3, 0.4) is 0 Å². The van der Waals surface area contributed by atoms with Gasteiger partial charge in [-0.1, -0.05) is 0 Å². The number of hydrogen-bond donors (Lipinski definition) is 2. The average molecular weight is 334 g/mol. The SMILES string of the molecule is COc1ccc(-n2cnc(C(F)(F)F)n2)c(CNC(=O)O)c1F. The van der Waals surface area contributed by atoms with Gasteiger partial charge in [-0.2, -0.15) is 13.2 Å². The van der Waals surface area contributed by atoms with Crippen molar-refractivity contribution in [3.8, 4) is 11.4 Å². The minimum absolute atomic E-state index is 0.0972. The third kappa shape index (κ3) is 3.49. The van der Waals surface area contributed by atoms with Crippen molar-refractivity contribution in [2.45, 2.75) is 12.7 Å². The highest BCUT2D eigenvalue weighted by Gasteiger charge is 2.36. The Hall–Kier alpha value is -2.85. The van der Waals surface area contributed by atoms with E-state index in [4.69, 9.17) is 9.84 Å².